The maximum absolute atomic E-state index is 11.6. The van der Waals surface area contributed by atoms with Gasteiger partial charge in [-0.25, -0.2) is 0 Å². The second-order valence-electron chi connectivity index (χ2n) is 6.04. The third kappa shape index (κ3) is 2.94. The number of aryl methyl sites for hydroxylation is 1. The summed E-state index contributed by atoms with van der Waals surface area (Å²) in [7, 11) is 0. The van der Waals surface area contributed by atoms with Crippen LogP contribution >= 0.6 is 24.2 Å². The SMILES string of the molecule is Cl.OC1(c2ccccc2)C(CCc2ccccc2)SC2=NCCN21. The summed E-state index contributed by atoms with van der Waals surface area (Å²) in [6, 6.07) is 20.5. The standard InChI is InChI=1S/C19H20N2OS.ClH/c22-19(16-9-5-2-6-10-16)17(23-18-20-13-14-21(18)19)12-11-15-7-3-1-4-8-15;/h1-10,17,22H,11-14H2;1H. The van der Waals surface area contributed by atoms with Crippen LogP contribution in [0.25, 0.3) is 0 Å². The van der Waals surface area contributed by atoms with Gasteiger partial charge in [0.05, 0.1) is 11.8 Å². The summed E-state index contributed by atoms with van der Waals surface area (Å²) in [5.41, 5.74) is 1.34. The van der Waals surface area contributed by atoms with E-state index in [9.17, 15) is 5.11 Å². The van der Waals surface area contributed by atoms with Gasteiger partial charge in [0.15, 0.2) is 10.9 Å². The molecule has 1 N–H and O–H groups in total. The number of aliphatic imine (C=N–C) groups is 1. The molecule has 0 radical (unpaired) electrons. The van der Waals surface area contributed by atoms with E-state index in [0.29, 0.717) is 0 Å². The lowest BCUT2D eigenvalue weighted by atomic mass is 9.93. The van der Waals surface area contributed by atoms with Crippen molar-refractivity contribution in [2.24, 2.45) is 4.99 Å². The van der Waals surface area contributed by atoms with Crippen molar-refractivity contribution < 1.29 is 5.11 Å². The Morgan fingerprint density at radius 2 is 1.75 bits per heavy atom. The monoisotopic (exact) mass is 360 g/mol. The summed E-state index contributed by atoms with van der Waals surface area (Å²) in [5.74, 6) is 0. The predicted octanol–water partition coefficient (Wildman–Crippen LogP) is 3.67. The highest BCUT2D eigenvalue weighted by Crippen LogP contribution is 2.48. The Hall–Kier alpha value is -1.49. The zero-order chi connectivity index (χ0) is 15.7. The van der Waals surface area contributed by atoms with Crippen LogP contribution in [0.1, 0.15) is 17.5 Å². The average Bonchev–Trinajstić information content (AvgIpc) is 3.17. The van der Waals surface area contributed by atoms with E-state index in [-0.39, 0.29) is 17.7 Å². The summed E-state index contributed by atoms with van der Waals surface area (Å²) in [5, 5.41) is 12.7. The highest BCUT2D eigenvalue weighted by atomic mass is 35.5. The van der Waals surface area contributed by atoms with Crippen LogP contribution in [0.15, 0.2) is 65.7 Å². The Bertz CT molecular complexity index is 710. The van der Waals surface area contributed by atoms with E-state index in [2.05, 4.69) is 34.2 Å². The van der Waals surface area contributed by atoms with Crippen LogP contribution in [0, 0.1) is 0 Å². The zero-order valence-corrected chi connectivity index (χ0v) is 15.0. The molecule has 4 rings (SSSR count). The predicted molar refractivity (Wildman–Crippen MR) is 103 cm³/mol. The number of benzene rings is 2. The van der Waals surface area contributed by atoms with Gasteiger partial charge in [0.2, 0.25) is 0 Å². The van der Waals surface area contributed by atoms with Crippen LogP contribution in [0.3, 0.4) is 0 Å². The number of nitrogens with zero attached hydrogens (tertiary/aromatic N) is 2. The molecule has 2 heterocycles. The third-order valence-corrected chi connectivity index (χ3v) is 6.06. The zero-order valence-electron chi connectivity index (χ0n) is 13.3. The van der Waals surface area contributed by atoms with Crippen molar-refractivity contribution in [1.29, 1.82) is 0 Å². The van der Waals surface area contributed by atoms with Crippen LogP contribution in [0.5, 0.6) is 0 Å². The van der Waals surface area contributed by atoms with E-state index in [4.69, 9.17) is 0 Å². The van der Waals surface area contributed by atoms with Crippen LogP contribution in [0.2, 0.25) is 0 Å². The lowest BCUT2D eigenvalue weighted by Gasteiger charge is -2.36. The summed E-state index contributed by atoms with van der Waals surface area (Å²) in [6.07, 6.45) is 1.89. The van der Waals surface area contributed by atoms with E-state index >= 15 is 0 Å². The maximum Gasteiger partial charge on any atom is 0.178 e. The first kappa shape index (κ1) is 17.3. The molecule has 0 aromatic heterocycles. The van der Waals surface area contributed by atoms with Crippen molar-refractivity contribution in [3.05, 3.63) is 71.8 Å². The fourth-order valence-corrected chi connectivity index (χ4v) is 4.90. The lowest BCUT2D eigenvalue weighted by molar-refractivity contribution is -0.0671. The van der Waals surface area contributed by atoms with Gasteiger partial charge in [0.1, 0.15) is 0 Å². The maximum atomic E-state index is 11.6. The second-order valence-corrected chi connectivity index (χ2v) is 7.21. The fraction of sp³-hybridized carbons (Fsp3) is 0.316. The fourth-order valence-electron chi connectivity index (χ4n) is 3.45. The topological polar surface area (TPSA) is 35.8 Å². The molecule has 3 nitrogen and oxygen atoms in total. The molecule has 0 spiro atoms. The lowest BCUT2D eigenvalue weighted by Crippen LogP contribution is -2.48. The Labute approximate surface area is 153 Å². The van der Waals surface area contributed by atoms with Gasteiger partial charge in [-0.1, -0.05) is 72.4 Å². The van der Waals surface area contributed by atoms with Gasteiger partial charge in [0.25, 0.3) is 0 Å². The minimum Gasteiger partial charge on any atom is -0.366 e. The second kappa shape index (κ2) is 7.18. The molecule has 0 aliphatic carbocycles. The van der Waals surface area contributed by atoms with Gasteiger partial charge < -0.3 is 10.0 Å². The highest BCUT2D eigenvalue weighted by molar-refractivity contribution is 8.14. The minimum absolute atomic E-state index is 0. The Kier molecular flexibility index (Phi) is 5.18. The van der Waals surface area contributed by atoms with Crippen molar-refractivity contribution >= 4 is 29.3 Å². The number of fused-ring (bicyclic) bond motifs is 1. The Morgan fingerprint density at radius 1 is 1.08 bits per heavy atom. The molecule has 1 fully saturated rings. The molecule has 126 valence electrons. The molecule has 0 amide bonds. The number of hydrogen-bond donors (Lipinski definition) is 1. The van der Waals surface area contributed by atoms with Crippen molar-refractivity contribution in [2.75, 3.05) is 13.1 Å². The molecule has 2 aromatic rings. The van der Waals surface area contributed by atoms with Crippen molar-refractivity contribution in [3.8, 4) is 0 Å². The first-order valence-electron chi connectivity index (χ1n) is 8.09. The molecular formula is C19H21ClN2OS. The van der Waals surface area contributed by atoms with Gasteiger partial charge in [-0.05, 0) is 18.4 Å². The number of hydrogen-bond acceptors (Lipinski definition) is 4. The van der Waals surface area contributed by atoms with Crippen LogP contribution in [0.4, 0.5) is 0 Å². The Morgan fingerprint density at radius 3 is 2.46 bits per heavy atom. The summed E-state index contributed by atoms with van der Waals surface area (Å²) < 4.78 is 0. The van der Waals surface area contributed by atoms with Crippen molar-refractivity contribution in [1.82, 2.24) is 4.90 Å². The third-order valence-electron chi connectivity index (χ3n) is 4.65. The van der Waals surface area contributed by atoms with Gasteiger partial charge in [-0.15, -0.1) is 12.4 Å². The van der Waals surface area contributed by atoms with E-state index < -0.39 is 5.72 Å². The molecule has 2 aliphatic rings. The minimum atomic E-state index is -0.948. The number of aliphatic hydroxyl groups is 1. The molecule has 1 saturated heterocycles. The molecule has 2 aliphatic heterocycles. The summed E-state index contributed by atoms with van der Waals surface area (Å²) >= 11 is 1.73. The average molecular weight is 361 g/mol. The van der Waals surface area contributed by atoms with Crippen LogP contribution < -0.4 is 0 Å². The number of thioether (sulfide) groups is 1. The Balaban J connectivity index is 0.00000169. The van der Waals surface area contributed by atoms with Gasteiger partial charge in [-0.3, -0.25) is 4.99 Å². The molecule has 2 atom stereocenters. The number of amidine groups is 1. The van der Waals surface area contributed by atoms with Gasteiger partial charge >= 0.3 is 0 Å². The van der Waals surface area contributed by atoms with E-state index in [1.165, 1.54) is 5.56 Å². The number of rotatable bonds is 4. The van der Waals surface area contributed by atoms with E-state index in [1.807, 2.05) is 36.4 Å². The first-order chi connectivity index (χ1) is 11.3. The van der Waals surface area contributed by atoms with E-state index in [1.54, 1.807) is 11.8 Å². The first-order valence-corrected chi connectivity index (χ1v) is 8.97. The molecule has 0 saturated carbocycles. The highest BCUT2D eigenvalue weighted by Gasteiger charge is 2.53. The molecule has 2 unspecified atom stereocenters. The summed E-state index contributed by atoms with van der Waals surface area (Å²) in [4.78, 5) is 6.66. The molecular weight excluding hydrogens is 340 g/mol. The normalized spacial score (nSPS) is 25.1. The largest absolute Gasteiger partial charge is 0.366 e. The summed E-state index contributed by atoms with van der Waals surface area (Å²) in [6.45, 7) is 1.58. The van der Waals surface area contributed by atoms with Crippen LogP contribution in [-0.2, 0) is 12.1 Å². The van der Waals surface area contributed by atoms with Crippen molar-refractivity contribution in [3.63, 3.8) is 0 Å². The molecule has 5 heteroatoms. The molecule has 24 heavy (non-hydrogen) atoms. The van der Waals surface area contributed by atoms with Crippen LogP contribution in [-0.4, -0.2) is 33.5 Å². The molecule has 2 aromatic carbocycles. The molecule has 0 bridgehead atoms. The smallest absolute Gasteiger partial charge is 0.178 e. The number of halogens is 1. The van der Waals surface area contributed by atoms with Crippen molar-refractivity contribution in [2.45, 2.75) is 23.8 Å². The van der Waals surface area contributed by atoms with Gasteiger partial charge in [-0.2, -0.15) is 0 Å². The van der Waals surface area contributed by atoms with Gasteiger partial charge in [0, 0.05) is 12.1 Å². The van der Waals surface area contributed by atoms with E-state index in [0.717, 1.165) is 36.7 Å². The quantitative estimate of drug-likeness (QED) is 0.903.